The van der Waals surface area contributed by atoms with Gasteiger partial charge < -0.3 is 4.74 Å². The Kier molecular flexibility index (Phi) is 7.56. The number of nitrogens with zero attached hydrogens (tertiary/aromatic N) is 2. The minimum Gasteiger partial charge on any atom is -0.465 e. The first-order valence-electron chi connectivity index (χ1n) is 11.4. The highest BCUT2D eigenvalue weighted by molar-refractivity contribution is 7.89. The number of amides is 1. The summed E-state index contributed by atoms with van der Waals surface area (Å²) >= 11 is 6.08. The van der Waals surface area contributed by atoms with Gasteiger partial charge in [0, 0.05) is 17.4 Å². The summed E-state index contributed by atoms with van der Waals surface area (Å²) in [6.07, 6.45) is -0.282. The number of hydrogen-bond acceptors (Lipinski definition) is 6. The largest absolute Gasteiger partial charge is 0.465 e. The average molecular weight is 525 g/mol. The number of esters is 1. The number of hydrogen-bond donors (Lipinski definition) is 0. The van der Waals surface area contributed by atoms with E-state index in [0.29, 0.717) is 20.6 Å². The number of carbonyl (C=O) groups is 2. The maximum Gasteiger partial charge on any atom is 0.315 e. The highest BCUT2D eigenvalue weighted by atomic mass is 35.5. The van der Waals surface area contributed by atoms with Crippen LogP contribution in [0.5, 0.6) is 0 Å². The van der Waals surface area contributed by atoms with E-state index in [0.717, 1.165) is 5.56 Å². The molecule has 1 aliphatic rings. The van der Waals surface area contributed by atoms with Gasteiger partial charge in [-0.1, -0.05) is 71.8 Å². The van der Waals surface area contributed by atoms with Crippen molar-refractivity contribution in [2.45, 2.75) is 31.1 Å². The standard InChI is InChI=1S/C27H25ClN2O5S/c1-3-35-27(32)25-23(19-11-13-21(28)14-12-19)17-24(31)30(29-26(25)20-7-5-4-6-8-20)36(33,34)22-15-9-18(2)10-16-22/h4-16,23,25H,3,17H2,1-2H3/t23-,25-/m1/s1. The van der Waals surface area contributed by atoms with Gasteiger partial charge in [0.15, 0.2) is 0 Å². The van der Waals surface area contributed by atoms with E-state index in [1.165, 1.54) is 12.1 Å². The number of sulfonamides is 1. The molecule has 0 aliphatic carbocycles. The van der Waals surface area contributed by atoms with Crippen LogP contribution in [0.1, 0.15) is 36.0 Å². The molecule has 36 heavy (non-hydrogen) atoms. The smallest absolute Gasteiger partial charge is 0.315 e. The molecule has 1 aliphatic heterocycles. The van der Waals surface area contributed by atoms with Crippen molar-refractivity contribution in [2.75, 3.05) is 6.61 Å². The lowest BCUT2D eigenvalue weighted by Gasteiger charge is -2.24. The van der Waals surface area contributed by atoms with Crippen molar-refractivity contribution in [3.8, 4) is 0 Å². The first kappa shape index (κ1) is 25.6. The van der Waals surface area contributed by atoms with Crippen molar-refractivity contribution >= 4 is 39.2 Å². The number of hydrazone groups is 1. The zero-order valence-electron chi connectivity index (χ0n) is 19.8. The molecule has 0 saturated heterocycles. The van der Waals surface area contributed by atoms with Gasteiger partial charge in [-0.3, -0.25) is 9.59 Å². The summed E-state index contributed by atoms with van der Waals surface area (Å²) in [7, 11) is -4.34. The predicted molar refractivity (Wildman–Crippen MR) is 137 cm³/mol. The van der Waals surface area contributed by atoms with Crippen LogP contribution in [0.3, 0.4) is 0 Å². The Balaban J connectivity index is 1.94. The molecule has 0 fully saturated rings. The molecule has 0 unspecified atom stereocenters. The van der Waals surface area contributed by atoms with Crippen molar-refractivity contribution in [3.05, 3.63) is 101 Å². The molecular formula is C27H25ClN2O5S. The van der Waals surface area contributed by atoms with Crippen molar-refractivity contribution in [3.63, 3.8) is 0 Å². The molecule has 1 amide bonds. The maximum atomic E-state index is 13.6. The molecule has 0 spiro atoms. The summed E-state index contributed by atoms with van der Waals surface area (Å²) < 4.78 is 33.1. The second-order valence-electron chi connectivity index (χ2n) is 8.40. The van der Waals surface area contributed by atoms with Crippen molar-refractivity contribution < 1.29 is 22.7 Å². The predicted octanol–water partition coefficient (Wildman–Crippen LogP) is 4.94. The van der Waals surface area contributed by atoms with E-state index in [9.17, 15) is 18.0 Å². The Morgan fingerprint density at radius 1 is 1.03 bits per heavy atom. The molecule has 9 heteroatoms. The SMILES string of the molecule is CCOC(=O)[C@H]1C(c2ccccc2)=NN(S(=O)(=O)c2ccc(C)cc2)C(=O)C[C@@H]1c1ccc(Cl)cc1. The topological polar surface area (TPSA) is 93.1 Å². The van der Waals surface area contributed by atoms with E-state index in [2.05, 4.69) is 5.10 Å². The molecule has 0 bridgehead atoms. The zero-order chi connectivity index (χ0) is 25.9. The molecule has 0 saturated carbocycles. The molecule has 1 heterocycles. The van der Waals surface area contributed by atoms with Gasteiger partial charge in [0.05, 0.1) is 17.2 Å². The van der Waals surface area contributed by atoms with Crippen LogP contribution < -0.4 is 0 Å². The molecule has 0 N–H and O–H groups in total. The maximum absolute atomic E-state index is 13.6. The van der Waals surface area contributed by atoms with Gasteiger partial charge in [-0.15, -0.1) is 4.41 Å². The van der Waals surface area contributed by atoms with E-state index in [1.807, 2.05) is 6.92 Å². The number of ether oxygens (including phenoxy) is 1. The van der Waals surface area contributed by atoms with E-state index >= 15 is 0 Å². The molecule has 3 aromatic carbocycles. The summed E-state index contributed by atoms with van der Waals surface area (Å²) in [4.78, 5) is 26.8. The van der Waals surface area contributed by atoms with Crippen LogP contribution in [0.15, 0.2) is 88.9 Å². The molecule has 3 aromatic rings. The highest BCUT2D eigenvalue weighted by Gasteiger charge is 2.44. The Hall–Kier alpha value is -3.49. The van der Waals surface area contributed by atoms with Gasteiger partial charge in [0.25, 0.3) is 15.9 Å². The van der Waals surface area contributed by atoms with E-state index < -0.39 is 33.7 Å². The third kappa shape index (κ3) is 5.20. The normalized spacial score (nSPS) is 18.4. The summed E-state index contributed by atoms with van der Waals surface area (Å²) in [5, 5.41) is 4.85. The summed E-state index contributed by atoms with van der Waals surface area (Å²) in [6.45, 7) is 3.63. The summed E-state index contributed by atoms with van der Waals surface area (Å²) in [5.41, 5.74) is 2.16. The fourth-order valence-electron chi connectivity index (χ4n) is 4.16. The Morgan fingerprint density at radius 2 is 1.67 bits per heavy atom. The quantitative estimate of drug-likeness (QED) is 0.426. The van der Waals surface area contributed by atoms with E-state index in [4.69, 9.17) is 16.3 Å². The van der Waals surface area contributed by atoms with Gasteiger partial charge in [0.1, 0.15) is 5.92 Å². The molecule has 7 nitrogen and oxygen atoms in total. The van der Waals surface area contributed by atoms with Gasteiger partial charge in [-0.2, -0.15) is 13.5 Å². The minimum atomic E-state index is -4.34. The number of rotatable bonds is 6. The third-order valence-electron chi connectivity index (χ3n) is 5.96. The number of carbonyl (C=O) groups excluding carboxylic acids is 2. The lowest BCUT2D eigenvalue weighted by molar-refractivity contribution is -0.146. The van der Waals surface area contributed by atoms with Crippen LogP contribution in [0.2, 0.25) is 5.02 Å². The van der Waals surface area contributed by atoms with Crippen molar-refractivity contribution in [1.82, 2.24) is 4.41 Å². The molecular weight excluding hydrogens is 500 g/mol. The Labute approximate surface area is 215 Å². The van der Waals surface area contributed by atoms with Gasteiger partial charge >= 0.3 is 5.97 Å². The summed E-state index contributed by atoms with van der Waals surface area (Å²) in [6, 6.07) is 21.7. The Bertz CT molecular complexity index is 1390. The Morgan fingerprint density at radius 3 is 2.28 bits per heavy atom. The van der Waals surface area contributed by atoms with E-state index in [-0.39, 0.29) is 23.6 Å². The third-order valence-corrected chi connectivity index (χ3v) is 7.82. The van der Waals surface area contributed by atoms with Gasteiger partial charge in [0.2, 0.25) is 0 Å². The second kappa shape index (κ2) is 10.6. The van der Waals surface area contributed by atoms with Crippen molar-refractivity contribution in [2.24, 2.45) is 11.0 Å². The van der Waals surface area contributed by atoms with Crippen LogP contribution in [0, 0.1) is 12.8 Å². The highest BCUT2D eigenvalue weighted by Crippen LogP contribution is 2.37. The fourth-order valence-corrected chi connectivity index (χ4v) is 5.51. The lowest BCUT2D eigenvalue weighted by atomic mass is 9.79. The molecule has 186 valence electrons. The van der Waals surface area contributed by atoms with Crippen LogP contribution in [0.4, 0.5) is 0 Å². The zero-order valence-corrected chi connectivity index (χ0v) is 21.4. The number of aryl methyl sites for hydroxylation is 1. The lowest BCUT2D eigenvalue weighted by Crippen LogP contribution is -2.32. The number of benzene rings is 3. The van der Waals surface area contributed by atoms with Crippen molar-refractivity contribution in [1.29, 1.82) is 0 Å². The van der Waals surface area contributed by atoms with Crippen LogP contribution in [-0.4, -0.2) is 37.0 Å². The first-order chi connectivity index (χ1) is 17.2. The molecule has 0 radical (unpaired) electrons. The van der Waals surface area contributed by atoms with Crippen LogP contribution >= 0.6 is 11.6 Å². The fraction of sp³-hybridized carbons (Fsp3) is 0.222. The van der Waals surface area contributed by atoms with Crippen LogP contribution in [-0.2, 0) is 24.3 Å². The molecule has 4 rings (SSSR count). The van der Waals surface area contributed by atoms with Gasteiger partial charge in [-0.05, 0) is 49.2 Å². The summed E-state index contributed by atoms with van der Waals surface area (Å²) in [5.74, 6) is -3.11. The second-order valence-corrected chi connectivity index (χ2v) is 10.6. The first-order valence-corrected chi connectivity index (χ1v) is 13.2. The van der Waals surface area contributed by atoms with Gasteiger partial charge in [-0.25, -0.2) is 0 Å². The number of halogens is 1. The molecule has 2 atom stereocenters. The molecule has 0 aromatic heterocycles. The minimum absolute atomic E-state index is 0.0739. The van der Waals surface area contributed by atoms with E-state index in [1.54, 1.807) is 73.7 Å². The van der Waals surface area contributed by atoms with Crippen LogP contribution in [0.25, 0.3) is 0 Å². The monoisotopic (exact) mass is 524 g/mol. The average Bonchev–Trinajstić information content (AvgIpc) is 3.02.